The minimum atomic E-state index is 0.0539. The van der Waals surface area contributed by atoms with Crippen LogP contribution in [0, 0.1) is 0 Å². The largest absolute Gasteiger partial charge is 0.397 e. The summed E-state index contributed by atoms with van der Waals surface area (Å²) in [6.45, 7) is 2.06. The molecule has 0 aliphatic carbocycles. The average Bonchev–Trinajstić information content (AvgIpc) is 2.63. The van der Waals surface area contributed by atoms with E-state index in [4.69, 9.17) is 5.73 Å². The van der Waals surface area contributed by atoms with Crippen molar-refractivity contribution in [2.45, 2.75) is 13.3 Å². The fraction of sp³-hybridized carbons (Fsp3) is 0.0952. The number of carbonyl (C=O) groups is 1. The lowest BCUT2D eigenvalue weighted by Gasteiger charge is -2.10. The summed E-state index contributed by atoms with van der Waals surface area (Å²) in [7, 11) is 0. The Balaban J connectivity index is 1.82. The van der Waals surface area contributed by atoms with Crippen LogP contribution in [0.5, 0.6) is 0 Å². The number of carbonyl (C=O) groups excluding carboxylic acids is 1. The summed E-state index contributed by atoms with van der Waals surface area (Å²) in [6.07, 6.45) is 0.842. The van der Waals surface area contributed by atoms with Crippen molar-refractivity contribution in [2.75, 3.05) is 11.1 Å². The monoisotopic (exact) mass is 316 g/mol. The van der Waals surface area contributed by atoms with Crippen LogP contribution in [-0.2, 0) is 6.42 Å². The van der Waals surface area contributed by atoms with E-state index in [0.29, 0.717) is 11.3 Å². The first-order valence-electron chi connectivity index (χ1n) is 8.03. The minimum Gasteiger partial charge on any atom is -0.397 e. The molecule has 0 amide bonds. The first kappa shape index (κ1) is 15.8. The minimum absolute atomic E-state index is 0.0539. The summed E-state index contributed by atoms with van der Waals surface area (Å²) in [5.74, 6) is 0.0539. The van der Waals surface area contributed by atoms with E-state index in [2.05, 4.69) is 12.2 Å². The molecule has 3 nitrogen and oxygen atoms in total. The van der Waals surface area contributed by atoms with Gasteiger partial charge in [-0.15, -0.1) is 0 Å². The molecule has 3 aromatic carbocycles. The van der Waals surface area contributed by atoms with Gasteiger partial charge >= 0.3 is 0 Å². The van der Waals surface area contributed by atoms with Crippen molar-refractivity contribution in [2.24, 2.45) is 0 Å². The molecule has 0 saturated carbocycles. The summed E-state index contributed by atoms with van der Waals surface area (Å²) >= 11 is 0. The number of anilines is 3. The fourth-order valence-electron chi connectivity index (χ4n) is 2.68. The van der Waals surface area contributed by atoms with Crippen LogP contribution in [0.25, 0.3) is 0 Å². The molecule has 0 spiro atoms. The van der Waals surface area contributed by atoms with Gasteiger partial charge in [0.2, 0.25) is 0 Å². The third kappa shape index (κ3) is 3.30. The highest BCUT2D eigenvalue weighted by molar-refractivity contribution is 6.10. The van der Waals surface area contributed by atoms with E-state index < -0.39 is 0 Å². The lowest BCUT2D eigenvalue weighted by Crippen LogP contribution is -2.05. The summed E-state index contributed by atoms with van der Waals surface area (Å²) in [5.41, 5.74) is 10.9. The van der Waals surface area contributed by atoms with Crippen LogP contribution in [0.4, 0.5) is 17.1 Å². The van der Waals surface area contributed by atoms with Gasteiger partial charge in [0.15, 0.2) is 5.78 Å². The molecule has 0 saturated heterocycles. The molecular formula is C21H20N2O. The Hall–Kier alpha value is -3.07. The molecule has 3 heteroatoms. The zero-order valence-electron chi connectivity index (χ0n) is 13.6. The van der Waals surface area contributed by atoms with Crippen LogP contribution in [0.3, 0.4) is 0 Å². The second-order valence-electron chi connectivity index (χ2n) is 5.63. The molecule has 3 N–H and O–H groups in total. The lowest BCUT2D eigenvalue weighted by molar-refractivity contribution is 0.103. The van der Waals surface area contributed by atoms with Gasteiger partial charge in [0.1, 0.15) is 0 Å². The molecule has 3 rings (SSSR count). The number of hydrogen-bond acceptors (Lipinski definition) is 3. The van der Waals surface area contributed by atoms with Gasteiger partial charge in [0, 0.05) is 16.8 Å². The number of benzene rings is 3. The van der Waals surface area contributed by atoms with Crippen molar-refractivity contribution in [3.05, 3.63) is 89.5 Å². The Morgan fingerprint density at radius 1 is 0.917 bits per heavy atom. The summed E-state index contributed by atoms with van der Waals surface area (Å²) in [4.78, 5) is 12.7. The Morgan fingerprint density at radius 3 is 2.29 bits per heavy atom. The molecular weight excluding hydrogens is 296 g/mol. The van der Waals surface area contributed by atoms with Crippen molar-refractivity contribution in [3.63, 3.8) is 0 Å². The van der Waals surface area contributed by atoms with Crippen LogP contribution in [0.2, 0.25) is 0 Å². The van der Waals surface area contributed by atoms with E-state index in [1.807, 2.05) is 72.8 Å². The van der Waals surface area contributed by atoms with Crippen LogP contribution < -0.4 is 11.1 Å². The molecule has 0 aromatic heterocycles. The van der Waals surface area contributed by atoms with E-state index in [1.54, 1.807) is 0 Å². The van der Waals surface area contributed by atoms with Gasteiger partial charge in [0.25, 0.3) is 0 Å². The number of hydrogen-bond donors (Lipinski definition) is 2. The third-order valence-corrected chi connectivity index (χ3v) is 4.03. The maximum absolute atomic E-state index is 12.7. The topological polar surface area (TPSA) is 55.1 Å². The second-order valence-corrected chi connectivity index (χ2v) is 5.63. The fourth-order valence-corrected chi connectivity index (χ4v) is 2.68. The molecule has 0 bridgehead atoms. The Labute approximate surface area is 142 Å². The first-order chi connectivity index (χ1) is 11.7. The van der Waals surface area contributed by atoms with Gasteiger partial charge < -0.3 is 11.1 Å². The smallest absolute Gasteiger partial charge is 0.193 e. The number of para-hydroxylation sites is 2. The predicted molar refractivity (Wildman–Crippen MR) is 99.8 cm³/mol. The number of ketones is 1. The SMILES string of the molecule is CCc1ccccc1C(=O)c1ccc(Nc2ccccc2N)cc1. The van der Waals surface area contributed by atoms with E-state index in [0.717, 1.165) is 28.9 Å². The molecule has 0 unspecified atom stereocenters. The Morgan fingerprint density at radius 2 is 1.58 bits per heavy atom. The first-order valence-corrected chi connectivity index (χ1v) is 8.03. The number of nitrogens with one attached hydrogen (secondary N) is 1. The van der Waals surface area contributed by atoms with Crippen LogP contribution in [0.15, 0.2) is 72.8 Å². The van der Waals surface area contributed by atoms with Gasteiger partial charge in [-0.3, -0.25) is 4.79 Å². The number of nitrogen functional groups attached to an aromatic ring is 1. The van der Waals surface area contributed by atoms with E-state index in [9.17, 15) is 4.79 Å². The molecule has 24 heavy (non-hydrogen) atoms. The van der Waals surface area contributed by atoms with Gasteiger partial charge in [-0.25, -0.2) is 0 Å². The van der Waals surface area contributed by atoms with Gasteiger partial charge in [0.05, 0.1) is 11.4 Å². The van der Waals surface area contributed by atoms with Crippen molar-refractivity contribution in [3.8, 4) is 0 Å². The van der Waals surface area contributed by atoms with E-state index in [-0.39, 0.29) is 5.78 Å². The summed E-state index contributed by atoms with van der Waals surface area (Å²) in [5, 5.41) is 3.26. The molecule has 0 atom stereocenters. The quantitative estimate of drug-likeness (QED) is 0.525. The molecule has 0 radical (unpaired) electrons. The van der Waals surface area contributed by atoms with E-state index >= 15 is 0 Å². The molecule has 3 aromatic rings. The highest BCUT2D eigenvalue weighted by atomic mass is 16.1. The second kappa shape index (κ2) is 7.01. The Bertz CT molecular complexity index is 854. The van der Waals surface area contributed by atoms with Crippen LogP contribution >= 0.6 is 0 Å². The third-order valence-electron chi connectivity index (χ3n) is 4.03. The number of nitrogens with two attached hydrogens (primary N) is 1. The average molecular weight is 316 g/mol. The van der Waals surface area contributed by atoms with Crippen molar-refractivity contribution in [1.82, 2.24) is 0 Å². The maximum Gasteiger partial charge on any atom is 0.193 e. The highest BCUT2D eigenvalue weighted by Crippen LogP contribution is 2.23. The number of rotatable bonds is 5. The van der Waals surface area contributed by atoms with Crippen LogP contribution in [-0.4, -0.2) is 5.78 Å². The van der Waals surface area contributed by atoms with Crippen LogP contribution in [0.1, 0.15) is 28.4 Å². The zero-order chi connectivity index (χ0) is 16.9. The summed E-state index contributed by atoms with van der Waals surface area (Å²) in [6, 6.07) is 22.8. The molecule has 0 fully saturated rings. The lowest BCUT2D eigenvalue weighted by atomic mass is 9.97. The maximum atomic E-state index is 12.7. The zero-order valence-corrected chi connectivity index (χ0v) is 13.6. The van der Waals surface area contributed by atoms with E-state index in [1.165, 1.54) is 0 Å². The van der Waals surface area contributed by atoms with Crippen molar-refractivity contribution < 1.29 is 4.79 Å². The van der Waals surface area contributed by atoms with Crippen molar-refractivity contribution in [1.29, 1.82) is 0 Å². The standard InChI is InChI=1S/C21H20N2O/c1-2-15-7-3-4-8-18(15)21(24)16-11-13-17(14-12-16)23-20-10-6-5-9-19(20)22/h3-14,23H,2,22H2,1H3. The molecule has 0 aliphatic rings. The highest BCUT2D eigenvalue weighted by Gasteiger charge is 2.12. The van der Waals surface area contributed by atoms with Crippen molar-refractivity contribution >= 4 is 22.8 Å². The van der Waals surface area contributed by atoms with Gasteiger partial charge in [-0.1, -0.05) is 43.3 Å². The summed E-state index contributed by atoms with van der Waals surface area (Å²) < 4.78 is 0. The number of aryl methyl sites for hydroxylation is 1. The normalized spacial score (nSPS) is 10.4. The molecule has 0 heterocycles. The Kier molecular flexibility index (Phi) is 4.62. The van der Waals surface area contributed by atoms with Gasteiger partial charge in [-0.05, 0) is 48.4 Å². The molecule has 120 valence electrons. The van der Waals surface area contributed by atoms with Gasteiger partial charge in [-0.2, -0.15) is 0 Å². The predicted octanol–water partition coefficient (Wildman–Crippen LogP) is 4.81. The molecule has 0 aliphatic heterocycles.